The van der Waals surface area contributed by atoms with Gasteiger partial charge in [-0.15, -0.1) is 0 Å². The smallest absolute Gasteiger partial charge is 0.249 e. The normalized spacial score (nSPS) is 11.3. The second-order valence-corrected chi connectivity index (χ2v) is 13.0. The Hall–Kier alpha value is -6.36. The molecule has 4 aromatic carbocycles. The van der Waals surface area contributed by atoms with Crippen molar-refractivity contribution in [1.29, 1.82) is 0 Å². The van der Waals surface area contributed by atoms with Gasteiger partial charge in [0, 0.05) is 33.4 Å². The summed E-state index contributed by atoms with van der Waals surface area (Å²) in [5, 5.41) is 40.0. The van der Waals surface area contributed by atoms with E-state index in [1.807, 2.05) is 64.1 Å². The lowest BCUT2D eigenvalue weighted by Crippen LogP contribution is -2.16. The molecule has 0 aliphatic rings. The van der Waals surface area contributed by atoms with Crippen LogP contribution in [0.5, 0.6) is 11.5 Å². The average molecular weight is 716 g/mol. The number of carbonyl (C=O) groups excluding carboxylic acids is 1. The maximum atomic E-state index is 12.3. The quantitative estimate of drug-likeness (QED) is 0.0399. The number of carbonyl (C=O) groups is 1. The van der Waals surface area contributed by atoms with Crippen molar-refractivity contribution < 1.29 is 29.3 Å². The fourth-order valence-corrected chi connectivity index (χ4v) is 6.68. The highest BCUT2D eigenvalue weighted by Gasteiger charge is 2.24. The molecule has 11 heteroatoms. The Morgan fingerprint density at radius 3 is 1.38 bits per heavy atom. The number of aromatic hydroxyl groups is 2. The Balaban J connectivity index is 0.000000204. The van der Waals surface area contributed by atoms with Crippen LogP contribution in [0.1, 0.15) is 76.6 Å². The first-order chi connectivity index (χ1) is 25.4. The molecule has 0 saturated carbocycles. The van der Waals surface area contributed by atoms with Crippen molar-refractivity contribution in [3.63, 3.8) is 0 Å². The Bertz CT molecular complexity index is 2230. The number of rotatable bonds is 10. The number of primary amides is 1. The van der Waals surface area contributed by atoms with Crippen LogP contribution in [-0.2, 0) is 12.8 Å². The van der Waals surface area contributed by atoms with E-state index in [-0.39, 0.29) is 17.3 Å². The molecule has 0 fully saturated rings. The van der Waals surface area contributed by atoms with Crippen molar-refractivity contribution >= 4 is 11.7 Å². The molecule has 0 bridgehead atoms. The monoisotopic (exact) mass is 715 g/mol. The van der Waals surface area contributed by atoms with Gasteiger partial charge in [0.2, 0.25) is 5.91 Å². The van der Waals surface area contributed by atoms with Crippen LogP contribution in [0.25, 0.3) is 44.5 Å². The van der Waals surface area contributed by atoms with Crippen molar-refractivity contribution in [3.8, 4) is 56.0 Å². The summed E-state index contributed by atoms with van der Waals surface area (Å²) in [5.41, 5.74) is 23.1. The van der Waals surface area contributed by atoms with Gasteiger partial charge in [-0.3, -0.25) is 4.79 Å². The van der Waals surface area contributed by atoms with Gasteiger partial charge in [0.05, 0.1) is 11.4 Å². The lowest BCUT2D eigenvalue weighted by molar-refractivity contribution is 0.100. The van der Waals surface area contributed by atoms with Gasteiger partial charge < -0.3 is 35.9 Å². The Morgan fingerprint density at radius 1 is 0.642 bits per heavy atom. The van der Waals surface area contributed by atoms with Crippen LogP contribution >= 0.6 is 0 Å². The molecule has 11 nitrogen and oxygen atoms in total. The molecule has 1 amide bonds. The summed E-state index contributed by atoms with van der Waals surface area (Å²) in [6, 6.07) is 21.9. The van der Waals surface area contributed by atoms with Gasteiger partial charge in [0.15, 0.2) is 5.84 Å². The van der Waals surface area contributed by atoms with Crippen LogP contribution in [0.3, 0.4) is 0 Å². The van der Waals surface area contributed by atoms with Crippen molar-refractivity contribution in [3.05, 3.63) is 118 Å². The third-order valence-electron chi connectivity index (χ3n) is 9.05. The van der Waals surface area contributed by atoms with Crippen LogP contribution in [-0.4, -0.2) is 37.5 Å². The maximum Gasteiger partial charge on any atom is 0.249 e. The molecular weight excluding hydrogens is 670 g/mol. The van der Waals surface area contributed by atoms with Gasteiger partial charge in [-0.1, -0.05) is 78.6 Å². The van der Waals surface area contributed by atoms with Crippen molar-refractivity contribution in [1.82, 2.24) is 10.3 Å². The van der Waals surface area contributed by atoms with E-state index >= 15 is 0 Å². The highest BCUT2D eigenvalue weighted by Crippen LogP contribution is 2.41. The number of benzene rings is 4. The number of aromatic nitrogens is 2. The van der Waals surface area contributed by atoms with Crippen LogP contribution in [0.15, 0.2) is 87.0 Å². The molecule has 274 valence electrons. The fraction of sp³-hybridized carbons (Fsp3) is 0.238. The second-order valence-electron chi connectivity index (χ2n) is 13.0. The number of hydrogen-bond acceptors (Lipinski definition) is 9. The summed E-state index contributed by atoms with van der Waals surface area (Å²) < 4.78 is 10.7. The molecule has 0 spiro atoms. The van der Waals surface area contributed by atoms with Gasteiger partial charge in [0.1, 0.15) is 23.0 Å². The van der Waals surface area contributed by atoms with Crippen molar-refractivity contribution in [2.24, 2.45) is 16.6 Å². The van der Waals surface area contributed by atoms with Gasteiger partial charge in [0.25, 0.3) is 0 Å². The molecule has 0 aliphatic carbocycles. The molecule has 0 atom stereocenters. The summed E-state index contributed by atoms with van der Waals surface area (Å²) >= 11 is 0. The zero-order valence-electron chi connectivity index (χ0n) is 30.8. The van der Waals surface area contributed by atoms with Gasteiger partial charge in [-0.2, -0.15) is 0 Å². The van der Waals surface area contributed by atoms with Gasteiger partial charge >= 0.3 is 0 Å². The molecule has 6 rings (SSSR count). The first-order valence-corrected chi connectivity index (χ1v) is 17.4. The van der Waals surface area contributed by atoms with Gasteiger partial charge in [-0.05, 0) is 110 Å². The third kappa shape index (κ3) is 8.09. The molecule has 7 N–H and O–H groups in total. The first-order valence-electron chi connectivity index (χ1n) is 17.4. The predicted octanol–water partition coefficient (Wildman–Crippen LogP) is 8.76. The van der Waals surface area contributed by atoms with Crippen LogP contribution in [0, 0.1) is 27.7 Å². The zero-order valence-corrected chi connectivity index (χ0v) is 30.8. The Kier molecular flexibility index (Phi) is 11.7. The van der Waals surface area contributed by atoms with E-state index in [1.165, 1.54) is 0 Å². The molecule has 6 aromatic rings. The average Bonchev–Trinajstić information content (AvgIpc) is 3.66. The fourth-order valence-electron chi connectivity index (χ4n) is 6.68. The summed E-state index contributed by atoms with van der Waals surface area (Å²) in [7, 11) is 0. The number of phenols is 2. The topological polar surface area (TPSA) is 194 Å². The Morgan fingerprint density at radius 2 is 1.04 bits per heavy atom. The van der Waals surface area contributed by atoms with Gasteiger partial charge in [-0.25, -0.2) is 0 Å². The van der Waals surface area contributed by atoms with E-state index in [2.05, 4.69) is 41.4 Å². The molecule has 53 heavy (non-hydrogen) atoms. The van der Waals surface area contributed by atoms with E-state index in [0.717, 1.165) is 87.0 Å². The largest absolute Gasteiger partial charge is 0.508 e. The minimum atomic E-state index is -0.488. The number of oxime groups is 1. The molecule has 0 radical (unpaired) electrons. The summed E-state index contributed by atoms with van der Waals surface area (Å²) in [4.78, 5) is 12.3. The lowest BCUT2D eigenvalue weighted by Gasteiger charge is -2.17. The Labute approximate surface area is 308 Å². The highest BCUT2D eigenvalue weighted by molar-refractivity contribution is 6.07. The molecule has 0 saturated heterocycles. The molecule has 2 aromatic heterocycles. The summed E-state index contributed by atoms with van der Waals surface area (Å²) in [5.74, 6) is 1.21. The van der Waals surface area contributed by atoms with E-state index in [4.69, 9.17) is 20.5 Å². The van der Waals surface area contributed by atoms with Crippen LogP contribution < -0.4 is 11.5 Å². The minimum Gasteiger partial charge on any atom is -0.508 e. The molecule has 0 aliphatic heterocycles. The second kappa shape index (κ2) is 16.3. The van der Waals surface area contributed by atoms with E-state index in [1.54, 1.807) is 24.3 Å². The standard InChI is InChI=1S/C21H23N3O3.C21H22N2O3/c1-4-5-14-10-17(15-6-8-16(25)9-7-15)20(18(11-14)21(22)23-26)19-12(2)24-27-13(19)3;1-4-5-14-10-17(15-6-8-16(24)9-7-15)20(18(11-14)21(22)25)19-12(2)23-26-13(19)3/h6-11,25-26H,4-5H2,1-3H3,(H2,22,23);6-11,24H,4-5H2,1-3H3,(H2,22,25). The number of phenolic OH excluding ortho intramolecular Hbond substituents is 2. The van der Waals surface area contributed by atoms with E-state index in [9.17, 15) is 20.2 Å². The molecular formula is C42H45N5O6. The predicted molar refractivity (Wildman–Crippen MR) is 206 cm³/mol. The summed E-state index contributed by atoms with van der Waals surface area (Å²) in [6.45, 7) is 11.6. The lowest BCUT2D eigenvalue weighted by atomic mass is 9.86. The minimum absolute atomic E-state index is 0.0305. The molecule has 2 heterocycles. The van der Waals surface area contributed by atoms with Crippen LogP contribution in [0.4, 0.5) is 0 Å². The first kappa shape index (κ1) is 37.9. The number of nitrogens with zero attached hydrogens (tertiary/aromatic N) is 3. The van der Waals surface area contributed by atoms with Crippen molar-refractivity contribution in [2.45, 2.75) is 67.2 Å². The highest BCUT2D eigenvalue weighted by atomic mass is 16.5. The number of aryl methyl sites for hydroxylation is 6. The SMILES string of the molecule is CCCc1cc(C(N)=NO)c(-c2c(C)noc2C)c(-c2ccc(O)cc2)c1.CCCc1cc(C(N)=O)c(-c2c(C)noc2C)c(-c2ccc(O)cc2)c1. The number of hydrogen-bond donors (Lipinski definition) is 5. The van der Waals surface area contributed by atoms with E-state index < -0.39 is 5.91 Å². The maximum absolute atomic E-state index is 12.3. The zero-order chi connectivity index (χ0) is 38.4. The number of nitrogens with two attached hydrogens (primary N) is 2. The summed E-state index contributed by atoms with van der Waals surface area (Å²) in [6.07, 6.45) is 3.62. The van der Waals surface area contributed by atoms with Crippen molar-refractivity contribution in [2.75, 3.05) is 0 Å². The third-order valence-corrected chi connectivity index (χ3v) is 9.05. The van der Waals surface area contributed by atoms with Crippen LogP contribution in [0.2, 0.25) is 0 Å². The molecule has 0 unspecified atom stereocenters. The number of amidine groups is 1. The van der Waals surface area contributed by atoms with E-state index in [0.29, 0.717) is 28.3 Å². The number of amides is 1.